The number of methoxy groups -OCH3 is 1. The Balaban J connectivity index is 1.86. The van der Waals surface area contributed by atoms with E-state index < -0.39 is 6.09 Å². The number of ether oxygens (including phenoxy) is 1. The van der Waals surface area contributed by atoms with Crippen molar-refractivity contribution in [1.29, 1.82) is 0 Å². The van der Waals surface area contributed by atoms with Crippen LogP contribution in [0.5, 0.6) is 0 Å². The average molecular weight is 322 g/mol. The summed E-state index contributed by atoms with van der Waals surface area (Å²) in [5.74, 6) is 0.813. The van der Waals surface area contributed by atoms with Crippen molar-refractivity contribution < 1.29 is 9.53 Å². The number of benzene rings is 2. The van der Waals surface area contributed by atoms with Gasteiger partial charge in [0, 0.05) is 23.8 Å². The van der Waals surface area contributed by atoms with Crippen LogP contribution >= 0.6 is 0 Å². The SMILES string of the molecule is COC(=O)Nc1cccc(N[C@H](c2ccccc2)c2ncc[nH]2)c1. The van der Waals surface area contributed by atoms with Crippen molar-refractivity contribution in [2.24, 2.45) is 0 Å². The third-order valence-electron chi connectivity index (χ3n) is 3.53. The van der Waals surface area contributed by atoms with Crippen molar-refractivity contribution in [3.63, 3.8) is 0 Å². The molecule has 1 atom stereocenters. The molecule has 24 heavy (non-hydrogen) atoms. The maximum atomic E-state index is 11.4. The van der Waals surface area contributed by atoms with Crippen LogP contribution in [-0.2, 0) is 4.74 Å². The van der Waals surface area contributed by atoms with Crippen molar-refractivity contribution in [1.82, 2.24) is 9.97 Å². The van der Waals surface area contributed by atoms with Crippen LogP contribution in [0.15, 0.2) is 67.0 Å². The standard InChI is InChI=1S/C18H18N4O2/c1-24-18(23)22-15-9-5-8-14(12-15)21-16(17-19-10-11-20-17)13-6-3-2-4-7-13/h2-12,16,21H,1H3,(H,19,20)(H,22,23)/t16-/m1/s1. The molecule has 0 fully saturated rings. The first-order valence-corrected chi connectivity index (χ1v) is 7.52. The predicted octanol–water partition coefficient (Wildman–Crippen LogP) is 3.79. The highest BCUT2D eigenvalue weighted by atomic mass is 16.5. The maximum Gasteiger partial charge on any atom is 0.411 e. The molecule has 0 unspecified atom stereocenters. The van der Waals surface area contributed by atoms with Gasteiger partial charge in [-0.2, -0.15) is 0 Å². The summed E-state index contributed by atoms with van der Waals surface area (Å²) in [6, 6.07) is 17.3. The molecule has 6 heteroatoms. The van der Waals surface area contributed by atoms with Gasteiger partial charge in [-0.3, -0.25) is 5.32 Å². The van der Waals surface area contributed by atoms with Gasteiger partial charge in [-0.05, 0) is 23.8 Å². The number of anilines is 2. The summed E-state index contributed by atoms with van der Waals surface area (Å²) in [7, 11) is 1.33. The molecule has 0 spiro atoms. The number of nitrogens with zero attached hydrogens (tertiary/aromatic N) is 1. The van der Waals surface area contributed by atoms with Gasteiger partial charge in [-0.1, -0.05) is 36.4 Å². The van der Waals surface area contributed by atoms with Gasteiger partial charge in [0.1, 0.15) is 11.9 Å². The largest absolute Gasteiger partial charge is 0.453 e. The topological polar surface area (TPSA) is 79.0 Å². The second-order valence-corrected chi connectivity index (χ2v) is 5.16. The number of carbonyl (C=O) groups excluding carboxylic acids is 1. The Morgan fingerprint density at radius 3 is 2.62 bits per heavy atom. The van der Waals surface area contributed by atoms with Crippen LogP contribution in [0.2, 0.25) is 0 Å². The number of nitrogens with one attached hydrogen (secondary N) is 3. The first-order chi connectivity index (χ1) is 11.8. The first kappa shape index (κ1) is 15.6. The number of H-pyrrole nitrogens is 1. The van der Waals surface area contributed by atoms with E-state index in [4.69, 9.17) is 0 Å². The number of aromatic nitrogens is 2. The molecule has 6 nitrogen and oxygen atoms in total. The van der Waals surface area contributed by atoms with Crippen LogP contribution in [0.1, 0.15) is 17.4 Å². The molecule has 0 aliphatic carbocycles. The number of carbonyl (C=O) groups is 1. The minimum absolute atomic E-state index is 0.130. The molecule has 0 saturated carbocycles. The van der Waals surface area contributed by atoms with E-state index >= 15 is 0 Å². The van der Waals surface area contributed by atoms with Crippen molar-refractivity contribution in [2.45, 2.75) is 6.04 Å². The van der Waals surface area contributed by atoms with E-state index in [2.05, 4.69) is 25.3 Å². The fourth-order valence-corrected chi connectivity index (χ4v) is 2.41. The highest BCUT2D eigenvalue weighted by Gasteiger charge is 2.16. The molecule has 3 aromatic rings. The Hall–Kier alpha value is -3.28. The lowest BCUT2D eigenvalue weighted by Crippen LogP contribution is -2.15. The summed E-state index contributed by atoms with van der Waals surface area (Å²) in [5.41, 5.74) is 2.59. The Bertz CT molecular complexity index is 788. The lowest BCUT2D eigenvalue weighted by Gasteiger charge is -2.19. The normalized spacial score (nSPS) is 11.5. The van der Waals surface area contributed by atoms with E-state index in [9.17, 15) is 4.79 Å². The van der Waals surface area contributed by atoms with Gasteiger partial charge in [0.05, 0.1) is 7.11 Å². The Morgan fingerprint density at radius 2 is 1.92 bits per heavy atom. The lowest BCUT2D eigenvalue weighted by molar-refractivity contribution is 0.187. The van der Waals surface area contributed by atoms with Crippen LogP contribution in [0.4, 0.5) is 16.2 Å². The molecule has 1 heterocycles. The molecule has 0 aliphatic heterocycles. The second-order valence-electron chi connectivity index (χ2n) is 5.16. The molecule has 0 bridgehead atoms. The van der Waals surface area contributed by atoms with Gasteiger partial charge in [0.15, 0.2) is 0 Å². The minimum Gasteiger partial charge on any atom is -0.453 e. The fraction of sp³-hybridized carbons (Fsp3) is 0.111. The maximum absolute atomic E-state index is 11.4. The Labute approximate surface area is 139 Å². The molecule has 3 N–H and O–H groups in total. The molecule has 0 aliphatic rings. The zero-order chi connectivity index (χ0) is 16.8. The van der Waals surface area contributed by atoms with Gasteiger partial charge in [-0.25, -0.2) is 9.78 Å². The zero-order valence-electron chi connectivity index (χ0n) is 13.2. The molecule has 122 valence electrons. The highest BCUT2D eigenvalue weighted by molar-refractivity contribution is 5.85. The quantitative estimate of drug-likeness (QED) is 0.668. The Kier molecular flexibility index (Phi) is 4.76. The molecule has 3 rings (SSSR count). The number of aromatic amines is 1. The summed E-state index contributed by atoms with van der Waals surface area (Å²) in [6.07, 6.45) is 3.02. The third-order valence-corrected chi connectivity index (χ3v) is 3.53. The lowest BCUT2D eigenvalue weighted by atomic mass is 10.1. The van der Waals surface area contributed by atoms with Crippen LogP contribution in [0.25, 0.3) is 0 Å². The van der Waals surface area contributed by atoms with Crippen LogP contribution < -0.4 is 10.6 Å². The van der Waals surface area contributed by atoms with Gasteiger partial charge in [-0.15, -0.1) is 0 Å². The summed E-state index contributed by atoms with van der Waals surface area (Å²) < 4.78 is 4.62. The van der Waals surface area contributed by atoms with Crippen molar-refractivity contribution in [3.8, 4) is 0 Å². The van der Waals surface area contributed by atoms with Gasteiger partial charge < -0.3 is 15.0 Å². The number of hydrogen-bond acceptors (Lipinski definition) is 4. The fourth-order valence-electron chi connectivity index (χ4n) is 2.41. The van der Waals surface area contributed by atoms with Crippen LogP contribution in [0.3, 0.4) is 0 Å². The summed E-state index contributed by atoms with van der Waals surface area (Å²) in [5, 5.41) is 6.10. The molecular formula is C18H18N4O2. The highest BCUT2D eigenvalue weighted by Crippen LogP contribution is 2.25. The molecular weight excluding hydrogens is 304 g/mol. The monoisotopic (exact) mass is 322 g/mol. The number of rotatable bonds is 5. The summed E-state index contributed by atoms with van der Waals surface area (Å²) >= 11 is 0. The van der Waals surface area contributed by atoms with Crippen LogP contribution in [0, 0.1) is 0 Å². The Morgan fingerprint density at radius 1 is 1.12 bits per heavy atom. The summed E-state index contributed by atoms with van der Waals surface area (Å²) in [6.45, 7) is 0. The van der Waals surface area contributed by atoms with E-state index in [1.54, 1.807) is 18.5 Å². The average Bonchev–Trinajstić information content (AvgIpc) is 3.15. The molecule has 2 aromatic carbocycles. The van der Waals surface area contributed by atoms with Gasteiger partial charge in [0.2, 0.25) is 0 Å². The van der Waals surface area contributed by atoms with Crippen molar-refractivity contribution >= 4 is 17.5 Å². The van der Waals surface area contributed by atoms with Crippen LogP contribution in [-0.4, -0.2) is 23.2 Å². The minimum atomic E-state index is -0.502. The van der Waals surface area contributed by atoms with E-state index in [-0.39, 0.29) is 6.04 Å². The first-order valence-electron chi connectivity index (χ1n) is 7.52. The molecule has 1 amide bonds. The molecule has 0 saturated heterocycles. The number of imidazole rings is 1. The third kappa shape index (κ3) is 3.73. The second kappa shape index (κ2) is 7.32. The van der Waals surface area contributed by atoms with Crippen molar-refractivity contribution in [3.05, 3.63) is 78.4 Å². The molecule has 0 radical (unpaired) electrons. The van der Waals surface area contributed by atoms with E-state index in [0.717, 1.165) is 17.1 Å². The molecule has 1 aromatic heterocycles. The van der Waals surface area contributed by atoms with Crippen molar-refractivity contribution in [2.75, 3.05) is 17.7 Å². The number of amides is 1. The predicted molar refractivity (Wildman–Crippen MR) is 93.0 cm³/mol. The van der Waals surface area contributed by atoms with Gasteiger partial charge >= 0.3 is 6.09 Å². The van der Waals surface area contributed by atoms with E-state index in [1.807, 2.05) is 48.5 Å². The summed E-state index contributed by atoms with van der Waals surface area (Å²) in [4.78, 5) is 18.9. The van der Waals surface area contributed by atoms with Gasteiger partial charge in [0.25, 0.3) is 0 Å². The van der Waals surface area contributed by atoms with E-state index in [0.29, 0.717) is 5.69 Å². The van der Waals surface area contributed by atoms with E-state index in [1.165, 1.54) is 7.11 Å². The number of hydrogen-bond donors (Lipinski definition) is 3. The zero-order valence-corrected chi connectivity index (χ0v) is 13.2. The smallest absolute Gasteiger partial charge is 0.411 e.